The summed E-state index contributed by atoms with van der Waals surface area (Å²) in [7, 11) is -2.21. The molecule has 0 unspecified atom stereocenters. The van der Waals surface area contributed by atoms with E-state index in [1.807, 2.05) is 0 Å². The molecule has 0 spiro atoms. The standard InChI is InChI=1S/C3H7NO2.C2H7NO3S.C2H5NO2/c1-4-2-3(5)6;3-1-2-7(4,5)6;3-1-2(4)5/h4H,2H2,1H3,(H,5,6);1-3H2,(H,4,5,6);1,3H2,(H,4,5). The molecule has 110 valence electrons. The second kappa shape index (κ2) is 13.8. The summed E-state index contributed by atoms with van der Waals surface area (Å²) in [6.07, 6.45) is 0. The van der Waals surface area contributed by atoms with E-state index >= 15 is 0 Å². The first-order valence-corrected chi connectivity index (χ1v) is 6.15. The second-order valence-corrected chi connectivity index (χ2v) is 4.17. The van der Waals surface area contributed by atoms with Crippen LogP contribution < -0.4 is 16.8 Å². The SMILES string of the molecule is CNCC(=O)O.NCC(=O)O.NCCS(=O)(=O)O. The number of aliphatic carboxylic acids is 2. The normalized spacial score (nSPS) is 9.33. The van der Waals surface area contributed by atoms with Crippen LogP contribution in [0.4, 0.5) is 0 Å². The summed E-state index contributed by atoms with van der Waals surface area (Å²) < 4.78 is 27.3. The van der Waals surface area contributed by atoms with Gasteiger partial charge in [-0.1, -0.05) is 0 Å². The van der Waals surface area contributed by atoms with E-state index in [0.29, 0.717) is 0 Å². The van der Waals surface area contributed by atoms with Gasteiger partial charge >= 0.3 is 11.9 Å². The zero-order valence-corrected chi connectivity index (χ0v) is 10.7. The first kappa shape index (κ1) is 22.0. The van der Waals surface area contributed by atoms with Gasteiger partial charge in [0, 0.05) is 6.54 Å². The topological polar surface area (TPSA) is 193 Å². The molecule has 0 aromatic carbocycles. The van der Waals surface area contributed by atoms with Gasteiger partial charge in [-0.3, -0.25) is 14.1 Å². The monoisotopic (exact) mass is 289 g/mol. The lowest BCUT2D eigenvalue weighted by Gasteiger charge is -1.86. The highest BCUT2D eigenvalue weighted by Crippen LogP contribution is 1.74. The first-order valence-electron chi connectivity index (χ1n) is 4.54. The number of carbonyl (C=O) groups is 2. The van der Waals surface area contributed by atoms with Gasteiger partial charge in [0.2, 0.25) is 0 Å². The van der Waals surface area contributed by atoms with E-state index in [-0.39, 0.29) is 25.4 Å². The van der Waals surface area contributed by atoms with Crippen molar-refractivity contribution in [2.24, 2.45) is 11.5 Å². The minimum Gasteiger partial charge on any atom is -0.480 e. The zero-order valence-electron chi connectivity index (χ0n) is 9.87. The summed E-state index contributed by atoms with van der Waals surface area (Å²) in [4.78, 5) is 18.8. The number of rotatable bonds is 5. The van der Waals surface area contributed by atoms with Crippen molar-refractivity contribution >= 4 is 22.1 Å². The van der Waals surface area contributed by atoms with E-state index in [1.165, 1.54) is 0 Å². The van der Waals surface area contributed by atoms with Crippen molar-refractivity contribution in [3.8, 4) is 0 Å². The van der Waals surface area contributed by atoms with Crippen molar-refractivity contribution in [1.82, 2.24) is 5.32 Å². The molecule has 11 heteroatoms. The highest BCUT2D eigenvalue weighted by Gasteiger charge is 1.98. The molecule has 0 aliphatic rings. The molecule has 0 amide bonds. The Hall–Kier alpha value is -1.27. The maximum absolute atomic E-state index is 9.71. The maximum atomic E-state index is 9.71. The fourth-order valence-corrected chi connectivity index (χ4v) is 0.598. The summed E-state index contributed by atoms with van der Waals surface area (Å²) in [6, 6.07) is 0. The van der Waals surface area contributed by atoms with Crippen LogP contribution in [0, 0.1) is 0 Å². The molecule has 0 aliphatic heterocycles. The van der Waals surface area contributed by atoms with Gasteiger partial charge in [-0.25, -0.2) is 0 Å². The predicted molar refractivity (Wildman–Crippen MR) is 63.7 cm³/mol. The third-order valence-corrected chi connectivity index (χ3v) is 1.63. The van der Waals surface area contributed by atoms with E-state index < -0.39 is 22.1 Å². The molecule has 0 fully saturated rings. The van der Waals surface area contributed by atoms with Crippen LogP contribution >= 0.6 is 0 Å². The third kappa shape index (κ3) is 46.5. The summed E-state index contributed by atoms with van der Waals surface area (Å²) in [6.45, 7) is -0.265. The molecule has 18 heavy (non-hydrogen) atoms. The van der Waals surface area contributed by atoms with Gasteiger partial charge in [-0.05, 0) is 7.05 Å². The molecule has 8 N–H and O–H groups in total. The minimum atomic E-state index is -3.80. The Morgan fingerprint density at radius 2 is 1.56 bits per heavy atom. The molecule has 0 aliphatic carbocycles. The summed E-state index contributed by atoms with van der Waals surface area (Å²) in [5, 5.41) is 17.9. The van der Waals surface area contributed by atoms with Gasteiger partial charge < -0.3 is 27.0 Å². The molecule has 0 rings (SSSR count). The van der Waals surface area contributed by atoms with Gasteiger partial charge in [0.05, 0.1) is 18.8 Å². The molecule has 10 nitrogen and oxygen atoms in total. The first-order chi connectivity index (χ1) is 8.10. The fraction of sp³-hybridized carbons (Fsp3) is 0.714. The zero-order chi connectivity index (χ0) is 15.2. The highest BCUT2D eigenvalue weighted by atomic mass is 32.2. The molecule has 0 heterocycles. The Morgan fingerprint density at radius 1 is 1.17 bits per heavy atom. The number of likely N-dealkylation sites (N-methyl/N-ethyl adjacent to an activating group) is 1. The largest absolute Gasteiger partial charge is 0.480 e. The van der Waals surface area contributed by atoms with E-state index in [2.05, 4.69) is 11.1 Å². The molecule has 0 atom stereocenters. The molecule has 0 saturated carbocycles. The number of nitrogens with one attached hydrogen (secondary N) is 1. The average Bonchev–Trinajstić information content (AvgIpc) is 2.17. The van der Waals surface area contributed by atoms with Crippen LogP contribution in [0.3, 0.4) is 0 Å². The molecule has 0 aromatic heterocycles. The van der Waals surface area contributed by atoms with Crippen molar-refractivity contribution in [2.75, 3.05) is 32.4 Å². The van der Waals surface area contributed by atoms with Crippen LogP contribution in [-0.2, 0) is 19.7 Å². The lowest BCUT2D eigenvalue weighted by atomic mass is 10.7. The number of carboxylic acid groups (broad SMARTS) is 2. The molecule has 0 saturated heterocycles. The van der Waals surface area contributed by atoms with Crippen molar-refractivity contribution in [3.63, 3.8) is 0 Å². The average molecular weight is 289 g/mol. The maximum Gasteiger partial charge on any atom is 0.317 e. The third-order valence-electron chi connectivity index (χ3n) is 0.878. The van der Waals surface area contributed by atoms with Gasteiger partial charge in [0.1, 0.15) is 0 Å². The molecular weight excluding hydrogens is 270 g/mol. The van der Waals surface area contributed by atoms with Crippen LogP contribution in [0.1, 0.15) is 0 Å². The van der Waals surface area contributed by atoms with Crippen LogP contribution in [0.15, 0.2) is 0 Å². The van der Waals surface area contributed by atoms with Gasteiger partial charge in [-0.15, -0.1) is 0 Å². The Bertz CT molecular complexity index is 317. The molecule has 0 bridgehead atoms. The highest BCUT2D eigenvalue weighted by molar-refractivity contribution is 7.85. The van der Waals surface area contributed by atoms with Crippen molar-refractivity contribution in [3.05, 3.63) is 0 Å². The second-order valence-electron chi connectivity index (χ2n) is 2.60. The molecular formula is C7H19N3O7S. The number of nitrogens with two attached hydrogens (primary N) is 2. The fourth-order valence-electron chi connectivity index (χ4n) is 0.300. The van der Waals surface area contributed by atoms with Gasteiger partial charge in [0.25, 0.3) is 10.1 Å². The minimum absolute atomic E-state index is 0.0289. The number of carboxylic acids is 2. The predicted octanol–water partition coefficient (Wildman–Crippen LogP) is -2.85. The van der Waals surface area contributed by atoms with Crippen LogP contribution in [0.25, 0.3) is 0 Å². The van der Waals surface area contributed by atoms with E-state index in [0.717, 1.165) is 0 Å². The lowest BCUT2D eigenvalue weighted by molar-refractivity contribution is -0.136. The molecule has 0 radical (unpaired) electrons. The smallest absolute Gasteiger partial charge is 0.317 e. The number of hydrogen-bond donors (Lipinski definition) is 6. The van der Waals surface area contributed by atoms with Crippen LogP contribution in [0.2, 0.25) is 0 Å². The van der Waals surface area contributed by atoms with Crippen LogP contribution in [0.5, 0.6) is 0 Å². The van der Waals surface area contributed by atoms with E-state index in [4.69, 9.17) is 20.5 Å². The quantitative estimate of drug-likeness (QED) is 0.287. The summed E-state index contributed by atoms with van der Waals surface area (Å²) >= 11 is 0. The summed E-state index contributed by atoms with van der Waals surface area (Å²) in [5.41, 5.74) is 9.35. The lowest BCUT2D eigenvalue weighted by Crippen LogP contribution is -2.16. The Labute approximate surface area is 105 Å². The van der Waals surface area contributed by atoms with Gasteiger partial charge in [-0.2, -0.15) is 8.42 Å². The van der Waals surface area contributed by atoms with Crippen molar-refractivity contribution < 1.29 is 32.8 Å². The van der Waals surface area contributed by atoms with Crippen molar-refractivity contribution in [1.29, 1.82) is 0 Å². The summed E-state index contributed by atoms with van der Waals surface area (Å²) in [5.74, 6) is -2.14. The van der Waals surface area contributed by atoms with E-state index in [1.54, 1.807) is 7.05 Å². The Balaban J connectivity index is -0.000000190. The van der Waals surface area contributed by atoms with Crippen molar-refractivity contribution in [2.45, 2.75) is 0 Å². The molecule has 0 aromatic rings. The van der Waals surface area contributed by atoms with Crippen LogP contribution in [-0.4, -0.2) is 67.6 Å². The Morgan fingerprint density at radius 3 is 1.56 bits per heavy atom. The van der Waals surface area contributed by atoms with E-state index in [9.17, 15) is 18.0 Å². The van der Waals surface area contributed by atoms with Gasteiger partial charge in [0.15, 0.2) is 0 Å². The number of hydrogen-bond acceptors (Lipinski definition) is 7. The Kier molecular flexibility index (Phi) is 16.8.